The molecule has 0 unspecified atom stereocenters. The van der Waals surface area contributed by atoms with Crippen LogP contribution in [0, 0.1) is 6.07 Å². The number of halogens is 2. The molecule has 0 nitrogen and oxygen atoms in total. The maximum Gasteiger partial charge on any atom is 0.0920 e. The molecule has 0 amide bonds. The molecule has 0 atom stereocenters. The molecule has 5 aromatic carbocycles. The van der Waals surface area contributed by atoms with Crippen LogP contribution in [-0.4, -0.2) is 9.52 Å². The summed E-state index contributed by atoms with van der Waals surface area (Å²) in [6.45, 7) is 6.81. The Labute approximate surface area is 242 Å². The minimum atomic E-state index is -0.826. The molecule has 1 aliphatic heterocycles. The van der Waals surface area contributed by atoms with Gasteiger partial charge in [0.25, 0.3) is 0 Å². The smallest absolute Gasteiger partial charge is 0.0920 e. The first-order valence-electron chi connectivity index (χ1n) is 12.7. The standard InChI is InChI=1S/C21H23.C12H7Si.2ClH.Zr/c1-4-8-16-13-18-11-12-19(15(2)3)21(20(18)14-16)17-9-6-5-7-10-17;1-3-7-11-9(5-1)10-6-2-4-8-12(10)13-11;;;/h5-7,9-15H,4,8H2,1-3H3;1-7H;2*1H;/q2*-1;;;+4/p-2. The van der Waals surface area contributed by atoms with Gasteiger partial charge in [-0.1, -0.05) is 104 Å². The molecule has 6 rings (SSSR count). The molecule has 184 valence electrons. The van der Waals surface area contributed by atoms with E-state index in [1.54, 1.807) is 0 Å². The van der Waals surface area contributed by atoms with Crippen LogP contribution in [0.1, 0.15) is 44.2 Å². The van der Waals surface area contributed by atoms with Crippen molar-refractivity contribution in [3.05, 3.63) is 114 Å². The Bertz CT molecular complexity index is 1400. The van der Waals surface area contributed by atoms with Gasteiger partial charge < -0.3 is 0 Å². The third-order valence-electron chi connectivity index (χ3n) is 6.54. The van der Waals surface area contributed by atoms with Gasteiger partial charge in [-0.3, -0.25) is 0 Å². The zero-order valence-corrected chi connectivity index (χ0v) is 26.5. The third kappa shape index (κ3) is 6.79. The number of fused-ring (bicyclic) bond motifs is 4. The molecule has 5 aromatic rings. The Kier molecular flexibility index (Phi) is 10.5. The van der Waals surface area contributed by atoms with Crippen molar-refractivity contribution in [2.75, 3.05) is 0 Å². The van der Waals surface area contributed by atoms with E-state index < -0.39 is 20.8 Å². The maximum absolute atomic E-state index is 4.93. The van der Waals surface area contributed by atoms with E-state index in [1.807, 2.05) is 6.07 Å². The van der Waals surface area contributed by atoms with Crippen LogP contribution in [0.3, 0.4) is 0 Å². The predicted octanol–water partition coefficient (Wildman–Crippen LogP) is 8.80. The van der Waals surface area contributed by atoms with Crippen molar-refractivity contribution < 1.29 is 20.8 Å². The van der Waals surface area contributed by atoms with Crippen LogP contribution in [0.2, 0.25) is 0 Å². The SMILES string of the molecule is CCCc1cc2c(-c3ccccc3)c(C(C)C)ccc2[cH-]1.[Cl][Zr+2][Cl].[c-]1cccc2c1[Si]c1ccccc1-2. The summed E-state index contributed by atoms with van der Waals surface area (Å²) in [6.07, 6.45) is 2.37. The molecule has 0 saturated heterocycles. The predicted molar refractivity (Wildman–Crippen MR) is 161 cm³/mol. The van der Waals surface area contributed by atoms with Crippen LogP contribution in [0.4, 0.5) is 0 Å². The van der Waals surface area contributed by atoms with Crippen LogP contribution < -0.4 is 10.4 Å². The molecule has 0 saturated carbocycles. The molecule has 0 N–H and O–H groups in total. The van der Waals surface area contributed by atoms with Gasteiger partial charge in [-0.15, -0.1) is 40.1 Å². The van der Waals surface area contributed by atoms with Gasteiger partial charge in [0, 0.05) is 0 Å². The maximum atomic E-state index is 4.93. The van der Waals surface area contributed by atoms with Gasteiger partial charge in [-0.2, -0.15) is 35.5 Å². The van der Waals surface area contributed by atoms with Gasteiger partial charge >= 0.3 is 37.9 Å². The zero-order chi connectivity index (χ0) is 26.2. The average Bonchev–Trinajstić information content (AvgIpc) is 3.50. The second kappa shape index (κ2) is 13.8. The Hall–Kier alpha value is -1.83. The van der Waals surface area contributed by atoms with E-state index >= 15 is 0 Å². The summed E-state index contributed by atoms with van der Waals surface area (Å²) in [5.41, 5.74) is 8.43. The van der Waals surface area contributed by atoms with Gasteiger partial charge in [-0.05, 0) is 17.9 Å². The van der Waals surface area contributed by atoms with Crippen molar-refractivity contribution in [3.8, 4) is 22.3 Å². The monoisotopic (exact) mass is 614 g/mol. The van der Waals surface area contributed by atoms with Gasteiger partial charge in [0.1, 0.15) is 0 Å². The van der Waals surface area contributed by atoms with Gasteiger partial charge in [-0.25, -0.2) is 0 Å². The van der Waals surface area contributed by atoms with Crippen molar-refractivity contribution in [3.63, 3.8) is 0 Å². The average molecular weight is 617 g/mol. The molecule has 0 aliphatic carbocycles. The zero-order valence-electron chi connectivity index (χ0n) is 21.5. The molecule has 0 bridgehead atoms. The van der Waals surface area contributed by atoms with Gasteiger partial charge in [0.15, 0.2) is 0 Å². The van der Waals surface area contributed by atoms with E-state index in [4.69, 9.17) is 17.0 Å². The largest absolute Gasteiger partial charge is 0.184 e. The Morgan fingerprint density at radius 1 is 0.892 bits per heavy atom. The van der Waals surface area contributed by atoms with E-state index in [9.17, 15) is 0 Å². The van der Waals surface area contributed by atoms with Crippen LogP contribution >= 0.6 is 17.0 Å². The van der Waals surface area contributed by atoms with Crippen LogP contribution in [0.15, 0.2) is 97.1 Å². The van der Waals surface area contributed by atoms with E-state index in [0.29, 0.717) is 5.92 Å². The van der Waals surface area contributed by atoms with Crippen LogP contribution in [0.25, 0.3) is 33.0 Å². The summed E-state index contributed by atoms with van der Waals surface area (Å²) in [5, 5.41) is 5.61. The van der Waals surface area contributed by atoms with Crippen molar-refractivity contribution in [2.45, 2.75) is 39.5 Å². The summed E-state index contributed by atoms with van der Waals surface area (Å²) >= 11 is -0.826. The van der Waals surface area contributed by atoms with Crippen molar-refractivity contribution >= 4 is 47.7 Å². The fourth-order valence-corrected chi connectivity index (χ4v) is 6.24. The number of aryl methyl sites for hydroxylation is 1. The Morgan fingerprint density at radius 2 is 1.59 bits per heavy atom. The van der Waals surface area contributed by atoms with E-state index in [-0.39, 0.29) is 0 Å². The molecule has 37 heavy (non-hydrogen) atoms. The summed E-state index contributed by atoms with van der Waals surface area (Å²) in [4.78, 5) is 0. The molecule has 0 spiro atoms. The third-order valence-corrected chi connectivity index (χ3v) is 7.91. The molecule has 1 heterocycles. The Balaban J connectivity index is 0.000000170. The van der Waals surface area contributed by atoms with Crippen LogP contribution in [0.5, 0.6) is 0 Å². The van der Waals surface area contributed by atoms with Crippen LogP contribution in [-0.2, 0) is 27.3 Å². The first-order chi connectivity index (χ1) is 18.1. The fourth-order valence-electron chi connectivity index (χ4n) is 4.93. The molecular formula is C33H30Cl2SiZr. The Morgan fingerprint density at radius 3 is 2.32 bits per heavy atom. The van der Waals surface area contributed by atoms with E-state index in [1.165, 1.54) is 67.4 Å². The van der Waals surface area contributed by atoms with E-state index in [0.717, 1.165) is 9.52 Å². The second-order valence-electron chi connectivity index (χ2n) is 9.37. The summed E-state index contributed by atoms with van der Waals surface area (Å²) in [5.74, 6) is 0.536. The molecular weight excluding hydrogens is 587 g/mol. The van der Waals surface area contributed by atoms with Gasteiger partial charge in [0.2, 0.25) is 0 Å². The van der Waals surface area contributed by atoms with Crippen molar-refractivity contribution in [1.82, 2.24) is 0 Å². The number of rotatable bonds is 4. The molecule has 2 radical (unpaired) electrons. The number of hydrogen-bond acceptors (Lipinski definition) is 0. The van der Waals surface area contributed by atoms with Crippen molar-refractivity contribution in [1.29, 1.82) is 0 Å². The first kappa shape index (κ1) is 28.2. The summed E-state index contributed by atoms with van der Waals surface area (Å²) < 4.78 is 0. The topological polar surface area (TPSA) is 0 Å². The quantitative estimate of drug-likeness (QED) is 0.137. The van der Waals surface area contributed by atoms with E-state index in [2.05, 4.69) is 118 Å². The number of hydrogen-bond donors (Lipinski definition) is 0. The summed E-state index contributed by atoms with van der Waals surface area (Å²) in [7, 11) is 10.7. The number of benzene rings is 4. The minimum absolute atomic E-state index is 0.536. The first-order valence-corrected chi connectivity index (χ1v) is 20.0. The molecule has 0 fully saturated rings. The second-order valence-corrected chi connectivity index (χ2v) is 14.4. The fraction of sp³-hybridized carbons (Fsp3) is 0.182. The van der Waals surface area contributed by atoms with Gasteiger partial charge in [0.05, 0.1) is 9.52 Å². The summed E-state index contributed by atoms with van der Waals surface area (Å²) in [6, 6.07) is 38.3. The molecule has 0 aromatic heterocycles. The molecule has 1 aliphatic rings. The molecule has 4 heteroatoms. The normalized spacial score (nSPS) is 11.1. The van der Waals surface area contributed by atoms with Crippen molar-refractivity contribution in [2.24, 2.45) is 0 Å². The minimum Gasteiger partial charge on any atom is -0.184 e.